The second-order valence-electron chi connectivity index (χ2n) is 2.75. The summed E-state index contributed by atoms with van der Waals surface area (Å²) in [6, 6.07) is 1.79. The molecule has 1 aromatic rings. The van der Waals surface area contributed by atoms with E-state index in [0.717, 1.165) is 12.2 Å². The van der Waals surface area contributed by atoms with Gasteiger partial charge < -0.3 is 15.0 Å². The summed E-state index contributed by atoms with van der Waals surface area (Å²) in [6.45, 7) is 2.71. The summed E-state index contributed by atoms with van der Waals surface area (Å²) in [5, 5.41) is 3.70. The Hall–Kier alpha value is -1.03. The molecule has 0 aromatic carbocycles. The summed E-state index contributed by atoms with van der Waals surface area (Å²) in [6.07, 6.45) is 0.901. The molecule has 0 saturated carbocycles. The van der Waals surface area contributed by atoms with E-state index in [1.54, 1.807) is 13.2 Å². The number of methoxy groups -OCH3 is 1. The van der Waals surface area contributed by atoms with Gasteiger partial charge in [-0.25, -0.2) is 0 Å². The van der Waals surface area contributed by atoms with E-state index >= 15 is 0 Å². The third-order valence-electron chi connectivity index (χ3n) is 1.80. The summed E-state index contributed by atoms with van der Waals surface area (Å²) in [7, 11) is 1.56. The minimum atomic E-state index is 0.311. The van der Waals surface area contributed by atoms with Crippen LogP contribution in [0.1, 0.15) is 25.0 Å². The lowest BCUT2D eigenvalue weighted by atomic mass is 10.1. The average molecular weight is 170 g/mol. The van der Waals surface area contributed by atoms with E-state index in [1.165, 1.54) is 0 Å². The molecule has 0 fully saturated rings. The van der Waals surface area contributed by atoms with Crippen LogP contribution in [0.5, 0.6) is 5.88 Å². The third kappa shape index (κ3) is 1.98. The van der Waals surface area contributed by atoms with Crippen LogP contribution in [0, 0.1) is 0 Å². The van der Waals surface area contributed by atoms with Gasteiger partial charge >= 0.3 is 0 Å². The van der Waals surface area contributed by atoms with E-state index in [1.807, 2.05) is 6.92 Å². The highest BCUT2D eigenvalue weighted by Gasteiger charge is 2.11. The van der Waals surface area contributed by atoms with Gasteiger partial charge in [-0.3, -0.25) is 0 Å². The molecule has 2 N–H and O–H groups in total. The van der Waals surface area contributed by atoms with Gasteiger partial charge in [0.05, 0.1) is 7.11 Å². The maximum atomic E-state index is 5.41. The number of nitrogens with zero attached hydrogens (tertiary/aromatic N) is 1. The molecule has 1 heterocycles. The van der Waals surface area contributed by atoms with Gasteiger partial charge in [0, 0.05) is 12.0 Å². The zero-order chi connectivity index (χ0) is 8.97. The van der Waals surface area contributed by atoms with Crippen molar-refractivity contribution in [3.05, 3.63) is 11.8 Å². The fourth-order valence-corrected chi connectivity index (χ4v) is 0.993. The Morgan fingerprint density at radius 1 is 1.75 bits per heavy atom. The molecule has 1 atom stereocenters. The van der Waals surface area contributed by atoms with Gasteiger partial charge in [0.25, 0.3) is 5.88 Å². The van der Waals surface area contributed by atoms with Crippen LogP contribution in [0.15, 0.2) is 10.6 Å². The van der Waals surface area contributed by atoms with E-state index in [2.05, 4.69) is 5.16 Å². The van der Waals surface area contributed by atoms with Gasteiger partial charge in [-0.05, 0) is 18.1 Å². The van der Waals surface area contributed by atoms with E-state index < -0.39 is 0 Å². The van der Waals surface area contributed by atoms with Crippen LogP contribution in [0.2, 0.25) is 0 Å². The Morgan fingerprint density at radius 2 is 2.50 bits per heavy atom. The van der Waals surface area contributed by atoms with E-state index in [4.69, 9.17) is 15.0 Å². The van der Waals surface area contributed by atoms with Gasteiger partial charge in [-0.1, -0.05) is 6.92 Å². The smallest absolute Gasteiger partial charge is 0.254 e. The van der Waals surface area contributed by atoms with E-state index in [9.17, 15) is 0 Å². The molecule has 1 rings (SSSR count). The molecule has 0 bridgehead atoms. The first-order valence-corrected chi connectivity index (χ1v) is 3.98. The van der Waals surface area contributed by atoms with Crippen molar-refractivity contribution in [2.24, 2.45) is 5.73 Å². The predicted molar refractivity (Wildman–Crippen MR) is 45.1 cm³/mol. The maximum Gasteiger partial charge on any atom is 0.254 e. The second kappa shape index (κ2) is 4.11. The lowest BCUT2D eigenvalue weighted by Gasteiger charge is -2.02. The molecule has 4 nitrogen and oxygen atoms in total. The molecule has 12 heavy (non-hydrogen) atoms. The monoisotopic (exact) mass is 170 g/mol. The molecule has 1 unspecified atom stereocenters. The molecule has 0 aliphatic carbocycles. The molecular weight excluding hydrogens is 156 g/mol. The minimum absolute atomic E-state index is 0.311. The van der Waals surface area contributed by atoms with E-state index in [-0.39, 0.29) is 0 Å². The Labute approximate surface area is 71.7 Å². The third-order valence-corrected chi connectivity index (χ3v) is 1.80. The lowest BCUT2D eigenvalue weighted by Crippen LogP contribution is -2.03. The van der Waals surface area contributed by atoms with Crippen LogP contribution >= 0.6 is 0 Å². The topological polar surface area (TPSA) is 61.3 Å². The Kier molecular flexibility index (Phi) is 3.10. The summed E-state index contributed by atoms with van der Waals surface area (Å²) in [5.74, 6) is 1.66. The standard InChI is InChI=1S/C8H14N2O2/c1-6(3-4-9)7-5-8(11-2)10-12-7/h5-6H,3-4,9H2,1-2H3. The number of ether oxygens (including phenoxy) is 1. The van der Waals surface area contributed by atoms with E-state index in [0.29, 0.717) is 18.3 Å². The Balaban J connectivity index is 2.61. The Bertz CT molecular complexity index is 235. The summed E-state index contributed by atoms with van der Waals surface area (Å²) in [4.78, 5) is 0. The number of nitrogens with two attached hydrogens (primary N) is 1. The molecular formula is C8H14N2O2. The molecule has 0 aliphatic rings. The van der Waals surface area contributed by atoms with Crippen LogP contribution in [0.25, 0.3) is 0 Å². The largest absolute Gasteiger partial charge is 0.479 e. The molecule has 0 saturated heterocycles. The highest BCUT2D eigenvalue weighted by atomic mass is 16.5. The lowest BCUT2D eigenvalue weighted by molar-refractivity contribution is 0.317. The number of hydrogen-bond acceptors (Lipinski definition) is 4. The van der Waals surface area contributed by atoms with Gasteiger partial charge in [-0.15, -0.1) is 0 Å². The number of rotatable bonds is 4. The SMILES string of the molecule is COc1cc(C(C)CCN)on1. The summed E-state index contributed by atoms with van der Waals surface area (Å²) >= 11 is 0. The summed E-state index contributed by atoms with van der Waals surface area (Å²) in [5.41, 5.74) is 5.41. The van der Waals surface area contributed by atoms with Crippen LogP contribution in [0.3, 0.4) is 0 Å². The molecule has 0 aliphatic heterocycles. The van der Waals surface area contributed by atoms with Crippen molar-refractivity contribution < 1.29 is 9.26 Å². The molecule has 4 heteroatoms. The van der Waals surface area contributed by atoms with Crippen molar-refractivity contribution in [3.8, 4) is 5.88 Å². The number of aromatic nitrogens is 1. The summed E-state index contributed by atoms with van der Waals surface area (Å²) < 4.78 is 9.93. The average Bonchev–Trinajstić information content (AvgIpc) is 2.52. The normalized spacial score (nSPS) is 12.9. The first kappa shape index (κ1) is 9.06. The van der Waals surface area contributed by atoms with Crippen molar-refractivity contribution in [2.75, 3.05) is 13.7 Å². The molecule has 1 aromatic heterocycles. The van der Waals surface area contributed by atoms with Crippen LogP contribution in [-0.4, -0.2) is 18.8 Å². The zero-order valence-corrected chi connectivity index (χ0v) is 7.41. The van der Waals surface area contributed by atoms with Crippen molar-refractivity contribution in [3.63, 3.8) is 0 Å². The predicted octanol–water partition coefficient (Wildman–Crippen LogP) is 1.14. The van der Waals surface area contributed by atoms with Gasteiger partial charge in [0.1, 0.15) is 5.76 Å². The maximum absolute atomic E-state index is 5.41. The quantitative estimate of drug-likeness (QED) is 0.736. The van der Waals surface area contributed by atoms with Crippen molar-refractivity contribution in [1.29, 1.82) is 0 Å². The fraction of sp³-hybridized carbons (Fsp3) is 0.625. The van der Waals surface area contributed by atoms with Crippen LogP contribution in [-0.2, 0) is 0 Å². The van der Waals surface area contributed by atoms with Crippen LogP contribution in [0.4, 0.5) is 0 Å². The van der Waals surface area contributed by atoms with Crippen molar-refractivity contribution in [2.45, 2.75) is 19.3 Å². The van der Waals surface area contributed by atoms with Crippen molar-refractivity contribution >= 4 is 0 Å². The van der Waals surface area contributed by atoms with Crippen LogP contribution < -0.4 is 10.5 Å². The highest BCUT2D eigenvalue weighted by molar-refractivity contribution is 5.13. The minimum Gasteiger partial charge on any atom is -0.479 e. The first-order valence-electron chi connectivity index (χ1n) is 3.98. The van der Waals surface area contributed by atoms with Gasteiger partial charge in [0.15, 0.2) is 0 Å². The molecule has 0 spiro atoms. The molecule has 0 radical (unpaired) electrons. The number of hydrogen-bond donors (Lipinski definition) is 1. The zero-order valence-electron chi connectivity index (χ0n) is 7.41. The Morgan fingerprint density at radius 3 is 3.00 bits per heavy atom. The second-order valence-corrected chi connectivity index (χ2v) is 2.75. The molecule has 68 valence electrons. The van der Waals surface area contributed by atoms with Gasteiger partial charge in [0.2, 0.25) is 0 Å². The van der Waals surface area contributed by atoms with Crippen molar-refractivity contribution in [1.82, 2.24) is 5.16 Å². The van der Waals surface area contributed by atoms with Gasteiger partial charge in [-0.2, -0.15) is 0 Å². The highest BCUT2D eigenvalue weighted by Crippen LogP contribution is 2.21. The molecule has 0 amide bonds. The fourth-order valence-electron chi connectivity index (χ4n) is 0.993. The first-order chi connectivity index (χ1) is 5.77.